The van der Waals surface area contributed by atoms with Crippen molar-refractivity contribution in [2.75, 3.05) is 5.32 Å². The average molecular weight is 352 g/mol. The van der Waals surface area contributed by atoms with E-state index in [1.165, 1.54) is 22.9 Å². The molecule has 0 aromatic carbocycles. The molecular formula is C12H9Cl3N2O2S. The Morgan fingerprint density at radius 3 is 2.55 bits per heavy atom. The number of halogens is 3. The van der Waals surface area contributed by atoms with Gasteiger partial charge in [-0.1, -0.05) is 34.8 Å². The van der Waals surface area contributed by atoms with Gasteiger partial charge in [-0.05, 0) is 19.1 Å². The highest BCUT2D eigenvalue weighted by Gasteiger charge is 2.14. The van der Waals surface area contributed by atoms with Crippen molar-refractivity contribution in [2.45, 2.75) is 13.5 Å². The van der Waals surface area contributed by atoms with Crippen LogP contribution >= 0.6 is 46.1 Å². The van der Waals surface area contributed by atoms with Gasteiger partial charge in [-0.15, -0.1) is 11.3 Å². The number of amides is 1. The van der Waals surface area contributed by atoms with Crippen LogP contribution in [0.3, 0.4) is 0 Å². The molecule has 20 heavy (non-hydrogen) atoms. The number of thiophene rings is 1. The van der Waals surface area contributed by atoms with Gasteiger partial charge in [0, 0.05) is 12.7 Å². The summed E-state index contributed by atoms with van der Waals surface area (Å²) in [7, 11) is 0. The Labute approximate surface area is 133 Å². The van der Waals surface area contributed by atoms with Gasteiger partial charge in [0.2, 0.25) is 0 Å². The van der Waals surface area contributed by atoms with Gasteiger partial charge in [0.05, 0.1) is 15.6 Å². The van der Waals surface area contributed by atoms with Crippen LogP contribution < -0.4 is 10.9 Å². The first-order valence-electron chi connectivity index (χ1n) is 5.58. The van der Waals surface area contributed by atoms with E-state index in [1.54, 1.807) is 0 Å². The van der Waals surface area contributed by atoms with Crippen LogP contribution in [0.2, 0.25) is 14.4 Å². The fourth-order valence-corrected chi connectivity index (χ4v) is 3.04. The molecule has 0 aliphatic heterocycles. The number of rotatable bonds is 3. The van der Waals surface area contributed by atoms with Gasteiger partial charge in [0.15, 0.2) is 0 Å². The first-order chi connectivity index (χ1) is 9.42. The predicted molar refractivity (Wildman–Crippen MR) is 83.7 cm³/mol. The lowest BCUT2D eigenvalue weighted by molar-refractivity contribution is 0.103. The zero-order valence-electron chi connectivity index (χ0n) is 10.2. The smallest absolute Gasteiger partial charge is 0.269 e. The quantitative estimate of drug-likeness (QED) is 0.903. The lowest BCUT2D eigenvalue weighted by Gasteiger charge is -2.08. The normalized spacial score (nSPS) is 10.6. The molecule has 1 N–H and O–H groups in total. The maximum Gasteiger partial charge on any atom is 0.269 e. The standard InChI is InChI=1S/C12H9Cl3N2O2S/c1-2-17-5-6(3-8(14)12(17)19)16-11(18)9-4-7(13)10(15)20-9/h3-5H,2H2,1H3,(H,16,18). The molecule has 2 aromatic rings. The van der Waals surface area contributed by atoms with Crippen LogP contribution in [0.15, 0.2) is 23.1 Å². The fourth-order valence-electron chi connectivity index (χ4n) is 1.55. The molecular weight excluding hydrogens is 343 g/mol. The van der Waals surface area contributed by atoms with Crippen molar-refractivity contribution >= 4 is 57.7 Å². The van der Waals surface area contributed by atoms with E-state index in [-0.39, 0.29) is 16.5 Å². The number of pyridine rings is 1. The van der Waals surface area contributed by atoms with E-state index in [4.69, 9.17) is 34.8 Å². The molecule has 0 saturated heterocycles. The Balaban J connectivity index is 2.28. The molecule has 2 aromatic heterocycles. The van der Waals surface area contributed by atoms with E-state index in [2.05, 4.69) is 5.32 Å². The Morgan fingerprint density at radius 2 is 2.00 bits per heavy atom. The molecule has 0 saturated carbocycles. The Morgan fingerprint density at radius 1 is 1.30 bits per heavy atom. The minimum absolute atomic E-state index is 0.0481. The van der Waals surface area contributed by atoms with Gasteiger partial charge in [-0.25, -0.2) is 0 Å². The Hall–Kier alpha value is -1.01. The summed E-state index contributed by atoms with van der Waals surface area (Å²) in [5, 5.41) is 3.03. The SMILES string of the molecule is CCn1cc(NC(=O)c2cc(Cl)c(Cl)s2)cc(Cl)c1=O. The summed E-state index contributed by atoms with van der Waals surface area (Å²) in [4.78, 5) is 24.0. The summed E-state index contributed by atoms with van der Waals surface area (Å²) >= 11 is 18.5. The zero-order chi connectivity index (χ0) is 14.9. The second-order valence-electron chi connectivity index (χ2n) is 3.85. The van der Waals surface area contributed by atoms with E-state index in [0.29, 0.717) is 26.5 Å². The molecule has 0 aliphatic rings. The highest BCUT2D eigenvalue weighted by molar-refractivity contribution is 7.18. The fraction of sp³-hybridized carbons (Fsp3) is 0.167. The largest absolute Gasteiger partial charge is 0.320 e. The van der Waals surface area contributed by atoms with Gasteiger partial charge >= 0.3 is 0 Å². The molecule has 2 rings (SSSR count). The van der Waals surface area contributed by atoms with Crippen LogP contribution in [0.4, 0.5) is 5.69 Å². The molecule has 0 bridgehead atoms. The average Bonchev–Trinajstić information content (AvgIpc) is 2.74. The molecule has 8 heteroatoms. The van der Waals surface area contributed by atoms with Crippen molar-refractivity contribution in [3.8, 4) is 0 Å². The van der Waals surface area contributed by atoms with Crippen LogP contribution in [0.5, 0.6) is 0 Å². The zero-order valence-corrected chi connectivity index (χ0v) is 13.3. The summed E-state index contributed by atoms with van der Waals surface area (Å²) in [6, 6.07) is 2.89. The summed E-state index contributed by atoms with van der Waals surface area (Å²) in [6.45, 7) is 2.26. The number of carbonyl (C=O) groups is 1. The van der Waals surface area contributed by atoms with E-state index >= 15 is 0 Å². The van der Waals surface area contributed by atoms with E-state index in [0.717, 1.165) is 11.3 Å². The number of anilines is 1. The van der Waals surface area contributed by atoms with Gasteiger partial charge in [-0.3, -0.25) is 9.59 Å². The number of hydrogen-bond acceptors (Lipinski definition) is 3. The first-order valence-corrected chi connectivity index (χ1v) is 7.53. The number of nitrogens with zero attached hydrogens (tertiary/aromatic N) is 1. The maximum absolute atomic E-state index is 12.0. The Kier molecular flexibility index (Phi) is 4.75. The van der Waals surface area contributed by atoms with E-state index < -0.39 is 0 Å². The monoisotopic (exact) mass is 350 g/mol. The third-order valence-corrected chi connectivity index (χ3v) is 4.64. The molecule has 0 radical (unpaired) electrons. The second kappa shape index (κ2) is 6.18. The van der Waals surface area contributed by atoms with Crippen LogP contribution in [0.1, 0.15) is 16.6 Å². The molecule has 2 heterocycles. The van der Waals surface area contributed by atoms with Crippen LogP contribution in [0, 0.1) is 0 Å². The van der Waals surface area contributed by atoms with Crippen molar-refractivity contribution in [3.63, 3.8) is 0 Å². The first kappa shape index (κ1) is 15.4. The molecule has 0 aliphatic carbocycles. The Bertz CT molecular complexity index is 704. The summed E-state index contributed by atoms with van der Waals surface area (Å²) in [5.74, 6) is -0.360. The van der Waals surface area contributed by atoms with Crippen molar-refractivity contribution in [1.82, 2.24) is 4.57 Å². The highest BCUT2D eigenvalue weighted by atomic mass is 35.5. The molecule has 0 atom stereocenters. The lowest BCUT2D eigenvalue weighted by Crippen LogP contribution is -2.21. The highest BCUT2D eigenvalue weighted by Crippen LogP contribution is 2.32. The van der Waals surface area contributed by atoms with Crippen molar-refractivity contribution in [2.24, 2.45) is 0 Å². The van der Waals surface area contributed by atoms with Crippen molar-refractivity contribution < 1.29 is 4.79 Å². The molecule has 0 fully saturated rings. The number of nitrogens with one attached hydrogen (secondary N) is 1. The lowest BCUT2D eigenvalue weighted by atomic mass is 10.3. The van der Waals surface area contributed by atoms with Crippen LogP contribution in [-0.4, -0.2) is 10.5 Å². The van der Waals surface area contributed by atoms with Crippen LogP contribution in [-0.2, 0) is 6.54 Å². The van der Waals surface area contributed by atoms with Gasteiger partial charge in [0.1, 0.15) is 9.36 Å². The molecule has 1 amide bonds. The molecule has 0 unspecified atom stereocenters. The summed E-state index contributed by atoms with van der Waals surface area (Å²) in [5.41, 5.74) is 0.136. The molecule has 4 nitrogen and oxygen atoms in total. The minimum atomic E-state index is -0.360. The second-order valence-corrected chi connectivity index (χ2v) is 6.32. The number of aromatic nitrogens is 1. The van der Waals surface area contributed by atoms with Gasteiger partial charge in [-0.2, -0.15) is 0 Å². The van der Waals surface area contributed by atoms with Crippen LogP contribution in [0.25, 0.3) is 0 Å². The number of hydrogen-bond donors (Lipinski definition) is 1. The third-order valence-electron chi connectivity index (χ3n) is 2.51. The minimum Gasteiger partial charge on any atom is -0.320 e. The van der Waals surface area contributed by atoms with Gasteiger partial charge < -0.3 is 9.88 Å². The summed E-state index contributed by atoms with van der Waals surface area (Å²) in [6.07, 6.45) is 1.53. The van der Waals surface area contributed by atoms with Crippen molar-refractivity contribution in [1.29, 1.82) is 0 Å². The number of carbonyl (C=O) groups excluding carboxylic acids is 1. The van der Waals surface area contributed by atoms with Gasteiger partial charge in [0.25, 0.3) is 11.5 Å². The van der Waals surface area contributed by atoms with Crippen molar-refractivity contribution in [3.05, 3.63) is 47.9 Å². The summed E-state index contributed by atoms with van der Waals surface area (Å²) < 4.78 is 1.76. The molecule has 106 valence electrons. The topological polar surface area (TPSA) is 51.1 Å². The van der Waals surface area contributed by atoms with E-state index in [1.807, 2.05) is 6.92 Å². The number of aryl methyl sites for hydroxylation is 1. The van der Waals surface area contributed by atoms with E-state index in [9.17, 15) is 9.59 Å². The maximum atomic E-state index is 12.0. The third kappa shape index (κ3) is 3.17. The molecule has 0 spiro atoms. The predicted octanol–water partition coefficient (Wildman–Crippen LogP) is 4.14.